The fraction of sp³-hybridized carbons (Fsp3) is 0.385. The molecule has 0 saturated carbocycles. The van der Waals surface area contributed by atoms with Crippen molar-refractivity contribution in [2.75, 3.05) is 6.54 Å². The summed E-state index contributed by atoms with van der Waals surface area (Å²) in [6.45, 7) is 0.561. The van der Waals surface area contributed by atoms with E-state index in [2.05, 4.69) is 5.32 Å². The molecule has 1 heterocycles. The summed E-state index contributed by atoms with van der Waals surface area (Å²) in [5.74, 6) is -1.10. The van der Waals surface area contributed by atoms with Gasteiger partial charge < -0.3 is 10.1 Å². The molecule has 1 unspecified atom stereocenters. The van der Waals surface area contributed by atoms with Crippen molar-refractivity contribution in [3.8, 4) is 0 Å². The van der Waals surface area contributed by atoms with Crippen LogP contribution in [-0.4, -0.2) is 29.4 Å². The monoisotopic (exact) mass is 312 g/mol. The van der Waals surface area contributed by atoms with Gasteiger partial charge in [0.15, 0.2) is 6.10 Å². The lowest BCUT2D eigenvalue weighted by molar-refractivity contribution is -0.384. The van der Waals surface area contributed by atoms with Crippen LogP contribution in [0.1, 0.15) is 29.6 Å². The Morgan fingerprint density at radius 1 is 1.43 bits per heavy atom. The number of hydrogen-bond donors (Lipinski definition) is 1. The summed E-state index contributed by atoms with van der Waals surface area (Å²) in [7, 11) is 0. The van der Waals surface area contributed by atoms with Crippen molar-refractivity contribution in [2.45, 2.75) is 25.4 Å². The van der Waals surface area contributed by atoms with E-state index in [1.165, 1.54) is 6.07 Å². The highest BCUT2D eigenvalue weighted by Crippen LogP contribution is 2.24. The molecule has 0 aromatic heterocycles. The summed E-state index contributed by atoms with van der Waals surface area (Å²) in [5.41, 5.74) is -0.219. The molecule has 1 aliphatic heterocycles. The molecule has 0 spiro atoms. The minimum atomic E-state index is -0.855. The van der Waals surface area contributed by atoms with Gasteiger partial charge in [0.25, 0.3) is 11.6 Å². The number of nitro groups is 1. The van der Waals surface area contributed by atoms with Crippen molar-refractivity contribution in [3.05, 3.63) is 38.9 Å². The SMILES string of the molecule is O=C(OC1CCCCNC1=O)c1ccc([N+](=O)[O-])cc1Cl. The van der Waals surface area contributed by atoms with E-state index < -0.39 is 17.0 Å². The molecule has 0 radical (unpaired) electrons. The smallest absolute Gasteiger partial charge is 0.340 e. The van der Waals surface area contributed by atoms with Crippen molar-refractivity contribution in [3.63, 3.8) is 0 Å². The van der Waals surface area contributed by atoms with Crippen LogP contribution in [0.25, 0.3) is 0 Å². The molecule has 1 amide bonds. The summed E-state index contributed by atoms with van der Waals surface area (Å²) in [5, 5.41) is 13.2. The minimum Gasteiger partial charge on any atom is -0.449 e. The molecule has 0 bridgehead atoms. The van der Waals surface area contributed by atoms with Crippen LogP contribution in [0.15, 0.2) is 18.2 Å². The number of nitrogens with zero attached hydrogens (tertiary/aromatic N) is 1. The highest BCUT2D eigenvalue weighted by molar-refractivity contribution is 6.33. The van der Waals surface area contributed by atoms with Crippen LogP contribution in [-0.2, 0) is 9.53 Å². The van der Waals surface area contributed by atoms with Crippen LogP contribution >= 0.6 is 11.6 Å². The molecule has 1 N–H and O–H groups in total. The van der Waals surface area contributed by atoms with Crippen molar-refractivity contribution in [1.29, 1.82) is 0 Å². The van der Waals surface area contributed by atoms with E-state index in [1.807, 2.05) is 0 Å². The zero-order valence-electron chi connectivity index (χ0n) is 11.0. The van der Waals surface area contributed by atoms with Crippen molar-refractivity contribution < 1.29 is 19.2 Å². The summed E-state index contributed by atoms with van der Waals surface area (Å²) in [6.07, 6.45) is 1.19. The Morgan fingerprint density at radius 2 is 2.19 bits per heavy atom. The first-order valence-electron chi connectivity index (χ1n) is 6.41. The number of carbonyl (C=O) groups excluding carboxylic acids is 2. The predicted molar refractivity (Wildman–Crippen MR) is 74.2 cm³/mol. The highest BCUT2D eigenvalue weighted by atomic mass is 35.5. The second-order valence-corrected chi connectivity index (χ2v) is 5.01. The number of ether oxygens (including phenoxy) is 1. The lowest BCUT2D eigenvalue weighted by atomic mass is 10.1. The van der Waals surface area contributed by atoms with Crippen LogP contribution in [0, 0.1) is 10.1 Å². The van der Waals surface area contributed by atoms with Gasteiger partial charge in [-0.25, -0.2) is 4.79 Å². The van der Waals surface area contributed by atoms with Crippen molar-refractivity contribution >= 4 is 29.2 Å². The first kappa shape index (κ1) is 15.2. The van der Waals surface area contributed by atoms with Gasteiger partial charge in [-0.3, -0.25) is 14.9 Å². The number of benzene rings is 1. The zero-order valence-corrected chi connectivity index (χ0v) is 11.8. The summed E-state index contributed by atoms with van der Waals surface area (Å²) in [4.78, 5) is 33.7. The van der Waals surface area contributed by atoms with Gasteiger partial charge in [-0.1, -0.05) is 11.6 Å². The molecule has 1 aliphatic rings. The molecule has 1 aromatic carbocycles. The Kier molecular flexibility index (Phi) is 4.74. The number of nitrogens with one attached hydrogen (secondary N) is 1. The largest absolute Gasteiger partial charge is 0.449 e. The molecule has 1 aromatic rings. The standard InChI is InChI=1S/C13H13ClN2O5/c14-10-7-8(16(19)20)4-5-9(10)13(18)21-11-3-1-2-6-15-12(11)17/h4-5,7,11H,1-3,6H2,(H,15,17). The molecule has 8 heteroatoms. The molecule has 112 valence electrons. The lowest BCUT2D eigenvalue weighted by Gasteiger charge is -2.14. The number of nitro benzene ring substituents is 1. The number of esters is 1. The second-order valence-electron chi connectivity index (χ2n) is 4.60. The molecular formula is C13H13ClN2O5. The summed E-state index contributed by atoms with van der Waals surface area (Å²) in [6, 6.07) is 3.46. The summed E-state index contributed by atoms with van der Waals surface area (Å²) < 4.78 is 5.15. The van der Waals surface area contributed by atoms with Gasteiger partial charge in [0.1, 0.15) is 0 Å². The van der Waals surface area contributed by atoms with Crippen LogP contribution in [0.5, 0.6) is 0 Å². The Morgan fingerprint density at radius 3 is 2.86 bits per heavy atom. The minimum absolute atomic E-state index is 0.000636. The van der Waals surface area contributed by atoms with Gasteiger partial charge in [0.05, 0.1) is 15.5 Å². The molecular weight excluding hydrogens is 300 g/mol. The predicted octanol–water partition coefficient (Wildman–Crippen LogP) is 2.07. The van der Waals surface area contributed by atoms with E-state index in [0.29, 0.717) is 13.0 Å². The van der Waals surface area contributed by atoms with Crippen molar-refractivity contribution in [1.82, 2.24) is 5.32 Å². The maximum absolute atomic E-state index is 12.0. The molecule has 1 fully saturated rings. The normalized spacial score (nSPS) is 18.5. The Labute approximate surface area is 125 Å². The first-order valence-corrected chi connectivity index (χ1v) is 6.79. The van der Waals surface area contributed by atoms with E-state index in [-0.39, 0.29) is 22.2 Å². The van der Waals surface area contributed by atoms with E-state index in [9.17, 15) is 19.7 Å². The van der Waals surface area contributed by atoms with Crippen molar-refractivity contribution in [2.24, 2.45) is 0 Å². The van der Waals surface area contributed by atoms with Crippen LogP contribution in [0.2, 0.25) is 5.02 Å². The lowest BCUT2D eigenvalue weighted by Crippen LogP contribution is -2.36. The van der Waals surface area contributed by atoms with Crippen LogP contribution < -0.4 is 5.32 Å². The zero-order chi connectivity index (χ0) is 15.4. The maximum Gasteiger partial charge on any atom is 0.340 e. The molecule has 7 nitrogen and oxygen atoms in total. The second kappa shape index (κ2) is 6.53. The molecule has 1 atom stereocenters. The van der Waals surface area contributed by atoms with Gasteiger partial charge in [-0.05, 0) is 25.3 Å². The fourth-order valence-electron chi connectivity index (χ4n) is 2.00. The average Bonchev–Trinajstić information content (AvgIpc) is 2.63. The number of amides is 1. The van der Waals surface area contributed by atoms with Gasteiger partial charge in [-0.2, -0.15) is 0 Å². The highest BCUT2D eigenvalue weighted by Gasteiger charge is 2.26. The number of rotatable bonds is 3. The third-order valence-corrected chi connectivity index (χ3v) is 3.43. The number of hydrogen-bond acceptors (Lipinski definition) is 5. The maximum atomic E-state index is 12.0. The van der Waals surface area contributed by atoms with Gasteiger partial charge >= 0.3 is 5.97 Å². The third kappa shape index (κ3) is 3.69. The Hall–Kier alpha value is -2.15. The first-order chi connectivity index (χ1) is 9.99. The summed E-state index contributed by atoms with van der Waals surface area (Å²) >= 11 is 5.85. The van der Waals surface area contributed by atoms with Crippen LogP contribution in [0.3, 0.4) is 0 Å². The topological polar surface area (TPSA) is 98.5 Å². The number of carbonyl (C=O) groups is 2. The van der Waals surface area contributed by atoms with E-state index in [0.717, 1.165) is 25.0 Å². The number of non-ortho nitro benzene ring substituents is 1. The van der Waals surface area contributed by atoms with E-state index in [1.54, 1.807) is 0 Å². The molecule has 0 aliphatic carbocycles. The van der Waals surface area contributed by atoms with Gasteiger partial charge in [0, 0.05) is 18.7 Å². The average molecular weight is 313 g/mol. The van der Waals surface area contributed by atoms with Gasteiger partial charge in [-0.15, -0.1) is 0 Å². The third-order valence-electron chi connectivity index (χ3n) is 3.12. The van der Waals surface area contributed by atoms with E-state index >= 15 is 0 Å². The quantitative estimate of drug-likeness (QED) is 0.523. The Balaban J connectivity index is 2.12. The molecule has 2 rings (SSSR count). The fourth-order valence-corrected chi connectivity index (χ4v) is 2.25. The van der Waals surface area contributed by atoms with Gasteiger partial charge in [0.2, 0.25) is 0 Å². The Bertz CT molecular complexity index is 590. The number of halogens is 1. The van der Waals surface area contributed by atoms with Crippen LogP contribution in [0.4, 0.5) is 5.69 Å². The molecule has 1 saturated heterocycles. The van der Waals surface area contributed by atoms with E-state index in [4.69, 9.17) is 16.3 Å². The molecule has 21 heavy (non-hydrogen) atoms.